The summed E-state index contributed by atoms with van der Waals surface area (Å²) < 4.78 is 5.17. The van der Waals surface area contributed by atoms with E-state index in [1.807, 2.05) is 12.1 Å². The Balaban J connectivity index is 2.12. The largest absolute Gasteiger partial charge is 0.398 e. The molecule has 1 unspecified atom stereocenters. The Kier molecular flexibility index (Phi) is 2.93. The van der Waals surface area contributed by atoms with Gasteiger partial charge in [-0.25, -0.2) is 0 Å². The zero-order valence-corrected chi connectivity index (χ0v) is 9.36. The molecule has 3 nitrogen and oxygen atoms in total. The van der Waals surface area contributed by atoms with Crippen molar-refractivity contribution in [3.05, 3.63) is 29.3 Å². The van der Waals surface area contributed by atoms with Gasteiger partial charge in [0.2, 0.25) is 0 Å². The van der Waals surface area contributed by atoms with Crippen molar-refractivity contribution in [3.63, 3.8) is 0 Å². The first-order valence-electron chi connectivity index (χ1n) is 5.31. The molecule has 0 aliphatic carbocycles. The first kappa shape index (κ1) is 10.5. The molecule has 15 heavy (non-hydrogen) atoms. The van der Waals surface area contributed by atoms with Gasteiger partial charge in [0.15, 0.2) is 0 Å². The second-order valence-electron chi connectivity index (χ2n) is 4.19. The van der Waals surface area contributed by atoms with Gasteiger partial charge in [0.1, 0.15) is 0 Å². The first-order valence-corrected chi connectivity index (χ1v) is 5.31. The molecule has 1 aliphatic heterocycles. The van der Waals surface area contributed by atoms with Gasteiger partial charge in [-0.15, -0.1) is 0 Å². The third-order valence-electron chi connectivity index (χ3n) is 3.08. The molecule has 0 radical (unpaired) electrons. The molecule has 1 atom stereocenters. The minimum Gasteiger partial charge on any atom is -0.398 e. The molecule has 0 amide bonds. The normalized spacial score (nSPS) is 17.7. The van der Waals surface area contributed by atoms with E-state index in [9.17, 15) is 0 Å². The molecule has 0 saturated heterocycles. The lowest BCUT2D eigenvalue weighted by molar-refractivity contribution is 0.0981. The number of nitrogens with two attached hydrogens (primary N) is 1. The van der Waals surface area contributed by atoms with E-state index in [1.54, 1.807) is 7.11 Å². The molecule has 0 fully saturated rings. The zero-order valence-electron chi connectivity index (χ0n) is 9.36. The highest BCUT2D eigenvalue weighted by Crippen LogP contribution is 2.28. The Hall–Kier alpha value is -1.06. The number of benzene rings is 1. The summed E-state index contributed by atoms with van der Waals surface area (Å²) in [6.45, 7) is 4.90. The quantitative estimate of drug-likeness (QED) is 0.764. The number of methoxy groups -OCH3 is 1. The van der Waals surface area contributed by atoms with Crippen LogP contribution >= 0.6 is 0 Å². The van der Waals surface area contributed by atoms with Gasteiger partial charge in [-0.2, -0.15) is 0 Å². The highest BCUT2D eigenvalue weighted by Gasteiger charge is 2.24. The van der Waals surface area contributed by atoms with Crippen molar-refractivity contribution in [2.24, 2.45) is 0 Å². The van der Waals surface area contributed by atoms with Crippen molar-refractivity contribution in [3.8, 4) is 0 Å². The molecule has 0 aromatic heterocycles. The van der Waals surface area contributed by atoms with E-state index < -0.39 is 0 Å². The van der Waals surface area contributed by atoms with Crippen molar-refractivity contribution in [2.45, 2.75) is 26.1 Å². The van der Waals surface area contributed by atoms with Gasteiger partial charge in [0, 0.05) is 31.9 Å². The molecular formula is C12H18N2O. The summed E-state index contributed by atoms with van der Waals surface area (Å²) in [4.78, 5) is 2.39. The number of nitrogen functional groups attached to an aromatic ring is 1. The van der Waals surface area contributed by atoms with Crippen LogP contribution < -0.4 is 5.73 Å². The molecular weight excluding hydrogens is 188 g/mol. The molecule has 3 heteroatoms. The van der Waals surface area contributed by atoms with Crippen LogP contribution in [0.3, 0.4) is 0 Å². The Labute approximate surface area is 90.8 Å². The van der Waals surface area contributed by atoms with Gasteiger partial charge in [-0.05, 0) is 24.1 Å². The first-order chi connectivity index (χ1) is 7.22. The van der Waals surface area contributed by atoms with E-state index in [0.29, 0.717) is 6.04 Å². The van der Waals surface area contributed by atoms with Crippen LogP contribution in [0, 0.1) is 0 Å². The molecule has 1 heterocycles. The number of nitrogens with zero attached hydrogens (tertiary/aromatic N) is 1. The van der Waals surface area contributed by atoms with Crippen LogP contribution in [0.5, 0.6) is 0 Å². The van der Waals surface area contributed by atoms with Crippen LogP contribution in [0.25, 0.3) is 0 Å². The van der Waals surface area contributed by atoms with E-state index in [1.165, 1.54) is 11.1 Å². The SMILES string of the molecule is COCC(C)N1Cc2cccc(N)c2C1. The number of anilines is 1. The minimum atomic E-state index is 0.446. The summed E-state index contributed by atoms with van der Waals surface area (Å²) in [5.41, 5.74) is 9.52. The Morgan fingerprint density at radius 2 is 2.27 bits per heavy atom. The number of hydrogen-bond acceptors (Lipinski definition) is 3. The van der Waals surface area contributed by atoms with Gasteiger partial charge < -0.3 is 10.5 Å². The van der Waals surface area contributed by atoms with Gasteiger partial charge >= 0.3 is 0 Å². The topological polar surface area (TPSA) is 38.5 Å². The second kappa shape index (κ2) is 4.21. The van der Waals surface area contributed by atoms with Crippen molar-refractivity contribution in [1.29, 1.82) is 0 Å². The van der Waals surface area contributed by atoms with Crippen LogP contribution in [0.15, 0.2) is 18.2 Å². The summed E-state index contributed by atoms with van der Waals surface area (Å²) in [7, 11) is 1.74. The van der Waals surface area contributed by atoms with E-state index in [-0.39, 0.29) is 0 Å². The molecule has 1 aromatic rings. The number of fused-ring (bicyclic) bond motifs is 1. The lowest BCUT2D eigenvalue weighted by Crippen LogP contribution is -2.31. The maximum atomic E-state index is 5.95. The predicted molar refractivity (Wildman–Crippen MR) is 61.4 cm³/mol. The minimum absolute atomic E-state index is 0.446. The van der Waals surface area contributed by atoms with E-state index in [0.717, 1.165) is 25.4 Å². The predicted octanol–water partition coefficient (Wildman–Crippen LogP) is 1.62. The van der Waals surface area contributed by atoms with Gasteiger partial charge in [0.25, 0.3) is 0 Å². The monoisotopic (exact) mass is 206 g/mol. The van der Waals surface area contributed by atoms with Crippen LogP contribution in [-0.4, -0.2) is 24.7 Å². The van der Waals surface area contributed by atoms with Gasteiger partial charge in [0.05, 0.1) is 6.61 Å². The molecule has 0 bridgehead atoms. The fourth-order valence-electron chi connectivity index (χ4n) is 2.13. The van der Waals surface area contributed by atoms with Crippen LogP contribution in [-0.2, 0) is 17.8 Å². The van der Waals surface area contributed by atoms with Crippen molar-refractivity contribution in [1.82, 2.24) is 4.90 Å². The van der Waals surface area contributed by atoms with E-state index in [2.05, 4.69) is 17.9 Å². The zero-order chi connectivity index (χ0) is 10.8. The maximum Gasteiger partial charge on any atom is 0.0615 e. The standard InChI is InChI=1S/C12H18N2O/c1-9(8-15-2)14-6-10-4-3-5-12(13)11(10)7-14/h3-5,9H,6-8,13H2,1-2H3. The average Bonchev–Trinajstić information content (AvgIpc) is 2.63. The van der Waals surface area contributed by atoms with E-state index in [4.69, 9.17) is 10.5 Å². The molecule has 0 spiro atoms. The Morgan fingerprint density at radius 1 is 1.47 bits per heavy atom. The van der Waals surface area contributed by atoms with Crippen molar-refractivity contribution >= 4 is 5.69 Å². The number of ether oxygens (including phenoxy) is 1. The number of hydrogen-bond donors (Lipinski definition) is 1. The molecule has 0 saturated carbocycles. The van der Waals surface area contributed by atoms with E-state index >= 15 is 0 Å². The highest BCUT2D eigenvalue weighted by molar-refractivity contribution is 5.52. The molecule has 82 valence electrons. The summed E-state index contributed by atoms with van der Waals surface area (Å²) in [6.07, 6.45) is 0. The van der Waals surface area contributed by atoms with Crippen LogP contribution in [0.2, 0.25) is 0 Å². The van der Waals surface area contributed by atoms with Gasteiger partial charge in [-0.3, -0.25) is 4.90 Å². The summed E-state index contributed by atoms with van der Waals surface area (Å²) in [5.74, 6) is 0. The molecule has 1 aromatic carbocycles. The number of rotatable bonds is 3. The fraction of sp³-hybridized carbons (Fsp3) is 0.500. The highest BCUT2D eigenvalue weighted by atomic mass is 16.5. The lowest BCUT2D eigenvalue weighted by atomic mass is 10.1. The van der Waals surface area contributed by atoms with Crippen LogP contribution in [0.4, 0.5) is 5.69 Å². The third kappa shape index (κ3) is 1.98. The molecule has 2 N–H and O–H groups in total. The second-order valence-corrected chi connectivity index (χ2v) is 4.19. The maximum absolute atomic E-state index is 5.95. The Bertz CT molecular complexity index is 351. The lowest BCUT2D eigenvalue weighted by Gasteiger charge is -2.22. The van der Waals surface area contributed by atoms with Crippen molar-refractivity contribution < 1.29 is 4.74 Å². The molecule has 1 aliphatic rings. The average molecular weight is 206 g/mol. The Morgan fingerprint density at radius 3 is 2.93 bits per heavy atom. The van der Waals surface area contributed by atoms with Crippen molar-refractivity contribution in [2.75, 3.05) is 19.5 Å². The summed E-state index contributed by atoms with van der Waals surface area (Å²) in [6, 6.07) is 6.61. The van der Waals surface area contributed by atoms with Gasteiger partial charge in [-0.1, -0.05) is 12.1 Å². The fourth-order valence-corrected chi connectivity index (χ4v) is 2.13. The smallest absolute Gasteiger partial charge is 0.0615 e. The van der Waals surface area contributed by atoms with Crippen LogP contribution in [0.1, 0.15) is 18.1 Å². The summed E-state index contributed by atoms with van der Waals surface area (Å²) >= 11 is 0. The molecule has 2 rings (SSSR count). The summed E-state index contributed by atoms with van der Waals surface area (Å²) in [5, 5.41) is 0. The third-order valence-corrected chi connectivity index (χ3v) is 3.08.